The van der Waals surface area contributed by atoms with Crippen LogP contribution in [0.3, 0.4) is 0 Å². The Hall–Kier alpha value is -3.89. The van der Waals surface area contributed by atoms with Crippen LogP contribution in [0.4, 0.5) is 22.9 Å². The van der Waals surface area contributed by atoms with Crippen molar-refractivity contribution in [1.29, 1.82) is 0 Å². The van der Waals surface area contributed by atoms with E-state index < -0.39 is 0 Å². The zero-order valence-corrected chi connectivity index (χ0v) is 23.6. The summed E-state index contributed by atoms with van der Waals surface area (Å²) in [5.41, 5.74) is 5.93. The molecule has 0 bridgehead atoms. The molecule has 5 rings (SSSR count). The minimum Gasteiger partial charge on any atom is -0.494 e. The Morgan fingerprint density at radius 3 is 2.59 bits per heavy atom. The van der Waals surface area contributed by atoms with Crippen molar-refractivity contribution in [2.45, 2.75) is 13.5 Å². The molecule has 0 amide bonds. The van der Waals surface area contributed by atoms with Gasteiger partial charge in [-0.1, -0.05) is 6.07 Å². The van der Waals surface area contributed by atoms with E-state index in [1.54, 1.807) is 13.4 Å². The quantitative estimate of drug-likeness (QED) is 0.317. The molecule has 1 fully saturated rings. The summed E-state index contributed by atoms with van der Waals surface area (Å²) in [6.45, 7) is 9.39. The van der Waals surface area contributed by atoms with E-state index in [2.05, 4.69) is 91.8 Å². The molecule has 1 aliphatic heterocycles. The van der Waals surface area contributed by atoms with Crippen LogP contribution in [0.25, 0.3) is 22.2 Å². The fourth-order valence-electron chi connectivity index (χ4n) is 5.05. The largest absolute Gasteiger partial charge is 0.494 e. The molecule has 39 heavy (non-hydrogen) atoms. The van der Waals surface area contributed by atoms with Gasteiger partial charge in [0.1, 0.15) is 17.9 Å². The van der Waals surface area contributed by atoms with E-state index >= 15 is 0 Å². The molecule has 206 valence electrons. The Labute approximate surface area is 230 Å². The van der Waals surface area contributed by atoms with E-state index in [4.69, 9.17) is 4.74 Å². The van der Waals surface area contributed by atoms with E-state index in [1.807, 2.05) is 24.0 Å². The van der Waals surface area contributed by atoms with Crippen molar-refractivity contribution in [3.05, 3.63) is 48.9 Å². The normalized spacial score (nSPS) is 14.5. The monoisotopic (exact) mass is 529 g/mol. The van der Waals surface area contributed by atoms with Crippen molar-refractivity contribution >= 4 is 33.8 Å². The number of anilines is 4. The lowest BCUT2D eigenvalue weighted by atomic mass is 10.1. The first-order valence-electron chi connectivity index (χ1n) is 13.6. The molecule has 0 unspecified atom stereocenters. The smallest absolute Gasteiger partial charge is 0.144 e. The van der Waals surface area contributed by atoms with Crippen molar-refractivity contribution in [3.63, 3.8) is 0 Å². The van der Waals surface area contributed by atoms with Gasteiger partial charge in [0.25, 0.3) is 0 Å². The second kappa shape index (κ2) is 11.9. The number of methoxy groups -OCH3 is 1. The zero-order valence-electron chi connectivity index (χ0n) is 23.6. The molecule has 2 aromatic carbocycles. The standard InChI is InChI=1S/C29H39N9O/c1-6-38-26-8-7-21(15-22(26)19-33-38)23-17-29(32-20-31-23)34-25-16-24(30-2)27(18-28(25)39-5)36(4)11-14-37-12-9-35(3)10-13-37/h7-8,15-20,30H,6,9-14H2,1-5H3,(H,31,32,34). The summed E-state index contributed by atoms with van der Waals surface area (Å²) in [5.74, 6) is 1.45. The average molecular weight is 530 g/mol. The van der Waals surface area contributed by atoms with Crippen molar-refractivity contribution in [1.82, 2.24) is 29.5 Å². The van der Waals surface area contributed by atoms with Crippen LogP contribution in [0.5, 0.6) is 5.75 Å². The second-order valence-corrected chi connectivity index (χ2v) is 10.0. The van der Waals surface area contributed by atoms with Gasteiger partial charge in [-0.25, -0.2) is 9.97 Å². The van der Waals surface area contributed by atoms with Crippen molar-refractivity contribution < 1.29 is 4.74 Å². The van der Waals surface area contributed by atoms with E-state index in [0.717, 1.165) is 90.8 Å². The number of rotatable bonds is 10. The summed E-state index contributed by atoms with van der Waals surface area (Å²) in [5, 5.41) is 12.4. The SMILES string of the molecule is CCn1ncc2cc(-c3cc(Nc4cc(NC)c(N(C)CCN5CCN(C)CC5)cc4OC)ncn3)ccc21. The van der Waals surface area contributed by atoms with Gasteiger partial charge in [0.2, 0.25) is 0 Å². The van der Waals surface area contributed by atoms with E-state index in [9.17, 15) is 0 Å². The molecule has 0 saturated carbocycles. The summed E-state index contributed by atoms with van der Waals surface area (Å²) in [6, 6.07) is 12.4. The third-order valence-electron chi connectivity index (χ3n) is 7.51. The number of aromatic nitrogens is 4. The maximum Gasteiger partial charge on any atom is 0.144 e. The molecule has 10 nitrogen and oxygen atoms in total. The molecule has 2 N–H and O–H groups in total. The highest BCUT2D eigenvalue weighted by atomic mass is 16.5. The van der Waals surface area contributed by atoms with Gasteiger partial charge in [0, 0.05) is 83.0 Å². The van der Waals surface area contributed by atoms with Gasteiger partial charge in [-0.15, -0.1) is 0 Å². The number of ether oxygens (including phenoxy) is 1. The van der Waals surface area contributed by atoms with Gasteiger partial charge in [0.15, 0.2) is 0 Å². The number of hydrogen-bond donors (Lipinski definition) is 2. The van der Waals surface area contributed by atoms with Gasteiger partial charge in [-0.2, -0.15) is 5.10 Å². The first-order valence-corrected chi connectivity index (χ1v) is 13.6. The lowest BCUT2D eigenvalue weighted by Crippen LogP contribution is -2.46. The van der Waals surface area contributed by atoms with Crippen molar-refractivity contribution in [2.24, 2.45) is 0 Å². The van der Waals surface area contributed by atoms with Crippen LogP contribution in [-0.2, 0) is 6.54 Å². The summed E-state index contributed by atoms with van der Waals surface area (Å²) < 4.78 is 7.80. The molecule has 2 aromatic heterocycles. The van der Waals surface area contributed by atoms with Crippen LogP contribution < -0.4 is 20.3 Å². The molecule has 0 aliphatic carbocycles. The van der Waals surface area contributed by atoms with Crippen molar-refractivity contribution in [3.8, 4) is 17.0 Å². The minimum atomic E-state index is 0.695. The Balaban J connectivity index is 1.34. The number of fused-ring (bicyclic) bond motifs is 1. The number of benzene rings is 2. The summed E-state index contributed by atoms with van der Waals surface area (Å²) >= 11 is 0. The predicted molar refractivity (Wildman–Crippen MR) is 159 cm³/mol. The molecule has 0 radical (unpaired) electrons. The lowest BCUT2D eigenvalue weighted by molar-refractivity contribution is 0.157. The second-order valence-electron chi connectivity index (χ2n) is 10.0. The topological polar surface area (TPSA) is 86.6 Å². The highest BCUT2D eigenvalue weighted by Gasteiger charge is 2.17. The first kappa shape index (κ1) is 26.7. The fraction of sp³-hybridized carbons (Fsp3) is 0.414. The van der Waals surface area contributed by atoms with E-state index in [1.165, 1.54) is 0 Å². The van der Waals surface area contributed by atoms with E-state index in [-0.39, 0.29) is 0 Å². The Kier molecular flexibility index (Phi) is 8.13. The van der Waals surface area contributed by atoms with Crippen LogP contribution in [0.15, 0.2) is 48.9 Å². The summed E-state index contributed by atoms with van der Waals surface area (Å²) in [4.78, 5) is 16.2. The number of nitrogens with one attached hydrogen (secondary N) is 2. The Morgan fingerprint density at radius 1 is 1.03 bits per heavy atom. The molecule has 1 aliphatic rings. The number of likely N-dealkylation sites (N-methyl/N-ethyl adjacent to an activating group) is 2. The maximum atomic E-state index is 5.80. The molecule has 0 atom stereocenters. The molecule has 3 heterocycles. The number of aryl methyl sites for hydroxylation is 1. The molecular formula is C29H39N9O. The molecule has 10 heteroatoms. The third-order valence-corrected chi connectivity index (χ3v) is 7.51. The van der Waals surface area contributed by atoms with Gasteiger partial charge in [-0.3, -0.25) is 9.58 Å². The fourth-order valence-corrected chi connectivity index (χ4v) is 5.05. The molecular weight excluding hydrogens is 490 g/mol. The van der Waals surface area contributed by atoms with E-state index in [0.29, 0.717) is 5.82 Å². The predicted octanol–water partition coefficient (Wildman–Crippen LogP) is 3.99. The number of piperazine rings is 1. The molecule has 0 spiro atoms. The number of hydrogen-bond acceptors (Lipinski definition) is 9. The van der Waals surface area contributed by atoms with Crippen LogP contribution in [0.1, 0.15) is 6.92 Å². The highest BCUT2D eigenvalue weighted by molar-refractivity contribution is 5.85. The average Bonchev–Trinajstić information content (AvgIpc) is 3.39. The van der Waals surface area contributed by atoms with Crippen LogP contribution in [-0.4, -0.2) is 97.1 Å². The van der Waals surface area contributed by atoms with Gasteiger partial charge >= 0.3 is 0 Å². The van der Waals surface area contributed by atoms with Gasteiger partial charge in [-0.05, 0) is 32.2 Å². The Morgan fingerprint density at radius 2 is 1.85 bits per heavy atom. The maximum absolute atomic E-state index is 5.80. The molecule has 1 saturated heterocycles. The zero-order chi connectivity index (χ0) is 27.4. The first-order chi connectivity index (χ1) is 19.0. The van der Waals surface area contributed by atoms with Crippen molar-refractivity contribution in [2.75, 3.05) is 83.1 Å². The van der Waals surface area contributed by atoms with Gasteiger partial charge in [0.05, 0.1) is 41.6 Å². The summed E-state index contributed by atoms with van der Waals surface area (Å²) in [6.07, 6.45) is 3.49. The highest BCUT2D eigenvalue weighted by Crippen LogP contribution is 2.38. The summed E-state index contributed by atoms with van der Waals surface area (Å²) in [7, 11) is 7.97. The third kappa shape index (κ3) is 5.91. The minimum absolute atomic E-state index is 0.695. The van der Waals surface area contributed by atoms with Gasteiger partial charge < -0.3 is 25.2 Å². The molecule has 4 aromatic rings. The number of nitrogens with zero attached hydrogens (tertiary/aromatic N) is 7. The lowest BCUT2D eigenvalue weighted by Gasteiger charge is -2.34. The van der Waals surface area contributed by atoms with Crippen LogP contribution in [0, 0.1) is 0 Å². The Bertz CT molecular complexity index is 1410. The van der Waals surface area contributed by atoms with Crippen LogP contribution >= 0.6 is 0 Å². The van der Waals surface area contributed by atoms with Crippen LogP contribution in [0.2, 0.25) is 0 Å².